The van der Waals surface area contributed by atoms with Gasteiger partial charge in [0.1, 0.15) is 30.0 Å². The maximum absolute atomic E-state index is 14.0. The van der Waals surface area contributed by atoms with Crippen molar-refractivity contribution in [1.29, 1.82) is 0 Å². The Morgan fingerprint density at radius 3 is 2.31 bits per heavy atom. The third-order valence-corrected chi connectivity index (χ3v) is 17.8. The first-order valence-electron chi connectivity index (χ1n) is 27.7. The summed E-state index contributed by atoms with van der Waals surface area (Å²) in [6.45, 7) is 19.9. The Labute approximate surface area is 479 Å². The topological polar surface area (TPSA) is 216 Å². The molecular weight excluding hydrogens is 1080 g/mol. The average Bonchev–Trinajstić information content (AvgIpc) is 4.07. The molecule has 3 aliphatic heterocycles. The Kier molecular flexibility index (Phi) is 21.0. The highest BCUT2D eigenvalue weighted by Crippen LogP contribution is 2.39. The van der Waals surface area contributed by atoms with Gasteiger partial charge in [-0.2, -0.15) is 4.98 Å². The van der Waals surface area contributed by atoms with Gasteiger partial charge < -0.3 is 59.8 Å². The number of halogens is 1. The molecule has 0 aliphatic carbocycles. The maximum atomic E-state index is 14.0. The number of methoxy groups -OCH3 is 1. The first-order valence-corrected chi connectivity index (χ1v) is 31.5. The van der Waals surface area contributed by atoms with E-state index < -0.39 is 36.7 Å². The molecule has 0 bridgehead atoms. The van der Waals surface area contributed by atoms with E-state index in [4.69, 9.17) is 25.8 Å². The summed E-state index contributed by atoms with van der Waals surface area (Å²) in [5, 5.41) is 24.1. The van der Waals surface area contributed by atoms with E-state index in [1.54, 1.807) is 31.8 Å². The van der Waals surface area contributed by atoms with E-state index >= 15 is 0 Å². The fourth-order valence-corrected chi connectivity index (χ4v) is 12.6. The van der Waals surface area contributed by atoms with Crippen LogP contribution in [0, 0.1) is 12.3 Å². The molecule has 1 unspecified atom stereocenters. The molecule has 2 aromatic heterocycles. The molecule has 0 spiro atoms. The number of piperazine rings is 1. The smallest absolute Gasteiger partial charge is 0.246 e. The van der Waals surface area contributed by atoms with E-state index in [0.717, 1.165) is 98.1 Å². The number of benzene rings is 3. The summed E-state index contributed by atoms with van der Waals surface area (Å²) in [6.07, 6.45) is 3.95. The summed E-state index contributed by atoms with van der Waals surface area (Å²) in [6, 6.07) is 20.3. The number of likely N-dealkylation sites (tertiary alicyclic amines) is 1. The van der Waals surface area contributed by atoms with Crippen molar-refractivity contribution >= 4 is 81.9 Å². The SMILES string of the molecule is COc1cc(N2CCC(N3CCN(CCCOCCOCCC(=O)NC(C(=O)N4C[C@H](O)C[C@H]4C(=O)NCc4ccc(-c5scnc5C)cc4)C(C)(C)C)CC3)CC2)ccc1Nc1ncc(Cl)c(Nc2ccccc2P(C)(C)=O)n1. The lowest BCUT2D eigenvalue weighted by atomic mass is 9.85. The van der Waals surface area contributed by atoms with Gasteiger partial charge >= 0.3 is 0 Å². The molecule has 5 heterocycles. The van der Waals surface area contributed by atoms with Gasteiger partial charge in [-0.1, -0.05) is 68.8 Å². The third-order valence-electron chi connectivity index (χ3n) is 15.0. The molecule has 3 saturated heterocycles. The van der Waals surface area contributed by atoms with E-state index in [2.05, 4.69) is 63.1 Å². The second-order valence-corrected chi connectivity index (χ2v) is 26.7. The lowest BCUT2D eigenvalue weighted by molar-refractivity contribution is -0.144. The number of nitrogens with zero attached hydrogens (tertiary/aromatic N) is 7. The molecule has 0 radical (unpaired) electrons. The van der Waals surface area contributed by atoms with Crippen LogP contribution in [0.5, 0.6) is 5.75 Å². The highest BCUT2D eigenvalue weighted by molar-refractivity contribution is 7.70. The lowest BCUT2D eigenvalue weighted by Gasteiger charge is -2.43. The van der Waals surface area contributed by atoms with Crippen LogP contribution in [0.15, 0.2) is 78.4 Å². The minimum atomic E-state index is -2.56. The molecule has 5 aromatic rings. The van der Waals surface area contributed by atoms with Crippen LogP contribution in [0.1, 0.15) is 64.1 Å². The third kappa shape index (κ3) is 16.3. The number of aliphatic hydroxyl groups excluding tert-OH is 1. The molecule has 80 heavy (non-hydrogen) atoms. The molecule has 8 rings (SSSR count). The number of hydrogen-bond donors (Lipinski definition) is 5. The first kappa shape index (κ1) is 60.4. The summed E-state index contributed by atoms with van der Waals surface area (Å²) in [7, 11) is -0.904. The fraction of sp³-hybridized carbons (Fsp3) is 0.517. The summed E-state index contributed by atoms with van der Waals surface area (Å²) >= 11 is 8.08. The van der Waals surface area contributed by atoms with Crippen molar-refractivity contribution in [2.45, 2.75) is 90.6 Å². The van der Waals surface area contributed by atoms with E-state index in [1.165, 1.54) is 11.1 Å². The zero-order chi connectivity index (χ0) is 57.0. The zero-order valence-electron chi connectivity index (χ0n) is 47.2. The van der Waals surface area contributed by atoms with Gasteiger partial charge in [0, 0.05) is 101 Å². The molecule has 3 atom stereocenters. The van der Waals surface area contributed by atoms with Crippen molar-refractivity contribution in [2.24, 2.45) is 5.41 Å². The molecule has 3 aliphatic rings. The molecule has 0 saturated carbocycles. The first-order chi connectivity index (χ1) is 38.3. The second kappa shape index (κ2) is 27.8. The van der Waals surface area contributed by atoms with E-state index in [0.29, 0.717) is 59.4 Å². The van der Waals surface area contributed by atoms with Crippen LogP contribution in [0.25, 0.3) is 10.4 Å². The van der Waals surface area contributed by atoms with E-state index in [1.807, 2.05) is 87.8 Å². The average molecular weight is 1160 g/mol. The van der Waals surface area contributed by atoms with Gasteiger partial charge in [-0.25, -0.2) is 9.97 Å². The van der Waals surface area contributed by atoms with Crippen molar-refractivity contribution < 1.29 is 38.3 Å². The number of ether oxygens (including phenoxy) is 3. The van der Waals surface area contributed by atoms with Gasteiger partial charge in [0.15, 0.2) is 5.82 Å². The number of rotatable bonds is 24. The van der Waals surface area contributed by atoms with Gasteiger partial charge in [-0.05, 0) is 80.3 Å². The predicted octanol–water partition coefficient (Wildman–Crippen LogP) is 7.51. The summed E-state index contributed by atoms with van der Waals surface area (Å²) < 4.78 is 30.4. The summed E-state index contributed by atoms with van der Waals surface area (Å²) in [5.74, 6) is 0.330. The molecule has 432 valence electrons. The van der Waals surface area contributed by atoms with Crippen molar-refractivity contribution in [3.05, 3.63) is 94.7 Å². The van der Waals surface area contributed by atoms with Crippen molar-refractivity contribution in [1.82, 2.24) is 40.3 Å². The zero-order valence-corrected chi connectivity index (χ0v) is 49.7. The van der Waals surface area contributed by atoms with E-state index in [-0.39, 0.29) is 44.4 Å². The number of anilines is 5. The van der Waals surface area contributed by atoms with Crippen LogP contribution in [0.4, 0.5) is 28.8 Å². The molecule has 3 amide bonds. The molecule has 5 N–H and O–H groups in total. The summed E-state index contributed by atoms with van der Waals surface area (Å²) in [4.78, 5) is 64.1. The molecule has 19 nitrogen and oxygen atoms in total. The normalized spacial score (nSPS) is 18.0. The number of hydrogen-bond acceptors (Lipinski definition) is 17. The van der Waals surface area contributed by atoms with Gasteiger partial charge in [0.2, 0.25) is 23.7 Å². The largest absolute Gasteiger partial charge is 0.494 e. The Morgan fingerprint density at radius 2 is 1.62 bits per heavy atom. The number of piperidine rings is 1. The van der Waals surface area contributed by atoms with E-state index in [9.17, 15) is 24.1 Å². The molecule has 3 fully saturated rings. The lowest BCUT2D eigenvalue weighted by Crippen LogP contribution is -2.57. The predicted molar refractivity (Wildman–Crippen MR) is 318 cm³/mol. The van der Waals surface area contributed by atoms with Crippen LogP contribution < -0.4 is 36.2 Å². The number of amides is 3. The number of aromatic nitrogens is 3. The van der Waals surface area contributed by atoms with Crippen LogP contribution in [-0.4, -0.2) is 176 Å². The number of nitrogens with one attached hydrogen (secondary N) is 4. The summed E-state index contributed by atoms with van der Waals surface area (Å²) in [5.41, 5.74) is 6.60. The number of β-amino-alcohol motifs (C(OH)–C–C–N with tert-alkyl or cyclic N) is 1. The fourth-order valence-electron chi connectivity index (χ4n) is 10.5. The monoisotopic (exact) mass is 1160 g/mol. The standard InChI is InChI=1S/C58H79ClN11O8PS/c1-39-52(80-38-62-39)41-15-13-40(14-16-41)35-60-55(73)48-34-44(71)37-70(48)56(74)53(58(2,3)4)65-51(72)21-30-78-32-31-77-29-10-22-67-25-27-69(28-26-67)42-19-23-68(24-20-42)43-17-18-46(49(33-43)76-5)64-57-61-36-45(59)54(66-57)63-47-11-8-9-12-50(47)79(6,7)75/h8-9,11-18,33,36,38,42,44,48,53,71H,10,19-32,34-35,37H2,1-7H3,(H,60,73)(H,65,72)(H2,61,63,64,66)/t44-,48+,53?/m1/s1. The number of carbonyl (C=O) groups excluding carboxylic acids is 3. The van der Waals surface area contributed by atoms with Gasteiger partial charge in [0.05, 0.1) is 66.7 Å². The van der Waals surface area contributed by atoms with Gasteiger partial charge in [0.25, 0.3) is 0 Å². The van der Waals surface area contributed by atoms with Crippen LogP contribution in [-0.2, 0) is 35.0 Å². The van der Waals surface area contributed by atoms with Gasteiger partial charge in [-0.3, -0.25) is 19.3 Å². The molecule has 3 aromatic carbocycles. The minimum Gasteiger partial charge on any atom is -0.494 e. The van der Waals surface area contributed by atoms with Crippen molar-refractivity contribution in [2.75, 3.05) is 115 Å². The van der Waals surface area contributed by atoms with Crippen molar-refractivity contribution in [3.8, 4) is 16.2 Å². The quantitative estimate of drug-likeness (QED) is 0.0298. The second-order valence-electron chi connectivity index (χ2n) is 22.3. The Morgan fingerprint density at radius 1 is 0.900 bits per heavy atom. The minimum absolute atomic E-state index is 0.00734. The van der Waals surface area contributed by atoms with Crippen LogP contribution in [0.3, 0.4) is 0 Å². The Balaban J connectivity index is 0.682. The molecule has 22 heteroatoms. The number of aryl methyl sites for hydroxylation is 1. The van der Waals surface area contributed by atoms with Crippen LogP contribution >= 0.6 is 30.1 Å². The van der Waals surface area contributed by atoms with Gasteiger partial charge in [-0.15, -0.1) is 11.3 Å². The maximum Gasteiger partial charge on any atom is 0.246 e. The Hall–Kier alpha value is -5.70. The molecular formula is C58H79ClN11O8PS. The number of thiazole rings is 1. The number of carbonyl (C=O) groups is 3. The number of para-hydroxylation sites is 1. The highest BCUT2D eigenvalue weighted by Gasteiger charge is 2.44. The number of aliphatic hydroxyl groups is 1. The van der Waals surface area contributed by atoms with Crippen molar-refractivity contribution in [3.63, 3.8) is 0 Å². The highest BCUT2D eigenvalue weighted by atomic mass is 35.5. The van der Waals surface area contributed by atoms with Crippen LogP contribution in [0.2, 0.25) is 5.02 Å². The Bertz CT molecular complexity index is 2920.